The number of amides is 1. The van der Waals surface area contributed by atoms with Crippen molar-refractivity contribution >= 4 is 49.6 Å². The van der Waals surface area contributed by atoms with Crippen LogP contribution in [-0.4, -0.2) is 67.8 Å². The van der Waals surface area contributed by atoms with Crippen LogP contribution in [0.1, 0.15) is 0 Å². The summed E-state index contributed by atoms with van der Waals surface area (Å²) < 4.78 is 0. The van der Waals surface area contributed by atoms with E-state index < -0.39 is 11.9 Å². The van der Waals surface area contributed by atoms with Crippen molar-refractivity contribution in [1.29, 1.82) is 0 Å². The summed E-state index contributed by atoms with van der Waals surface area (Å²) in [6.07, 6.45) is 1.46. The average Bonchev–Trinajstić information content (AvgIpc) is 2.01. The molecule has 0 rings (SSSR count). The summed E-state index contributed by atoms with van der Waals surface area (Å²) in [5, 5.41) is 7.87. The maximum atomic E-state index is 9.78. The van der Waals surface area contributed by atoms with Gasteiger partial charge < -0.3 is 22.3 Å². The van der Waals surface area contributed by atoms with E-state index in [0.717, 1.165) is 6.08 Å². The summed E-state index contributed by atoms with van der Waals surface area (Å²) in [5.74, 6) is -1.93. The van der Waals surface area contributed by atoms with Crippen LogP contribution in [0, 0.1) is 0 Å². The summed E-state index contributed by atoms with van der Waals surface area (Å²) >= 11 is 0. The van der Waals surface area contributed by atoms with Gasteiger partial charge in [0.15, 0.2) is 0 Å². The molecule has 7 N–H and O–H groups in total. The summed E-state index contributed by atoms with van der Waals surface area (Å²) in [4.78, 5) is 19.4. The third-order valence-electron chi connectivity index (χ3n) is 0.557. The molecule has 0 aromatic heterocycles. The average molecular weight is 217 g/mol. The third-order valence-corrected chi connectivity index (χ3v) is 0.557. The van der Waals surface area contributed by atoms with Gasteiger partial charge in [0.05, 0.1) is 0 Å². The van der Waals surface area contributed by atoms with Crippen LogP contribution in [-0.2, 0) is 9.59 Å². The van der Waals surface area contributed by atoms with Crippen molar-refractivity contribution in [2.45, 2.75) is 0 Å². The van der Waals surface area contributed by atoms with Crippen molar-refractivity contribution in [3.63, 3.8) is 0 Å². The molecular weight excluding hydrogens is 202 g/mol. The predicted octanol–water partition coefficient (Wildman–Crippen LogP) is -2.90. The van der Waals surface area contributed by atoms with Gasteiger partial charge in [-0.15, -0.1) is 0 Å². The summed E-state index contributed by atoms with van der Waals surface area (Å²) in [6, 6.07) is 0. The van der Waals surface area contributed by atoms with Crippen molar-refractivity contribution in [2.75, 3.05) is 13.1 Å². The Balaban J connectivity index is -0.000000173. The van der Waals surface area contributed by atoms with E-state index in [9.17, 15) is 9.59 Å². The molecule has 0 radical (unpaired) electrons. The first kappa shape index (κ1) is 18.6. The Morgan fingerprint density at radius 2 is 1.54 bits per heavy atom. The number of primary amides is 1. The zero-order valence-electron chi connectivity index (χ0n) is 6.56. The Labute approximate surface area is 106 Å². The molecule has 1 amide bonds. The van der Waals surface area contributed by atoms with Gasteiger partial charge in [0, 0.05) is 25.2 Å². The summed E-state index contributed by atoms with van der Waals surface area (Å²) in [6.45, 7) is 1.19. The first-order chi connectivity index (χ1) is 5.54. The summed E-state index contributed by atoms with van der Waals surface area (Å²) in [5.41, 5.74) is 14.4. The topological polar surface area (TPSA) is 132 Å². The first-order valence-electron chi connectivity index (χ1n) is 3.15. The van der Waals surface area contributed by atoms with Crippen LogP contribution < -0.4 is 17.2 Å². The van der Waals surface area contributed by atoms with Gasteiger partial charge >= 0.3 is 43.7 Å². The second-order valence-corrected chi connectivity index (χ2v) is 1.65. The molecule has 0 aromatic rings. The second kappa shape index (κ2) is 14.4. The van der Waals surface area contributed by atoms with Crippen LogP contribution in [0.15, 0.2) is 12.2 Å². The Hall–Kier alpha value is -0.140. The van der Waals surface area contributed by atoms with Gasteiger partial charge in [0.2, 0.25) is 5.91 Å². The van der Waals surface area contributed by atoms with E-state index in [1.54, 1.807) is 0 Å². The Kier molecular flexibility index (Phi) is 20.6. The molecule has 0 saturated heterocycles. The van der Waals surface area contributed by atoms with Crippen molar-refractivity contribution < 1.29 is 14.7 Å². The molecular formula is C6H15CaN3O3. The van der Waals surface area contributed by atoms with Gasteiger partial charge in [-0.25, -0.2) is 4.79 Å². The van der Waals surface area contributed by atoms with E-state index in [4.69, 9.17) is 16.6 Å². The number of aliphatic carboxylic acids is 1. The zero-order valence-corrected chi connectivity index (χ0v) is 6.56. The molecule has 0 spiro atoms. The monoisotopic (exact) mass is 217 g/mol. The van der Waals surface area contributed by atoms with Crippen LogP contribution in [0.2, 0.25) is 0 Å². The fourth-order valence-electron chi connectivity index (χ4n) is 0.153. The first-order valence-corrected chi connectivity index (χ1v) is 3.15. The van der Waals surface area contributed by atoms with Crippen LogP contribution in [0.5, 0.6) is 0 Å². The SMILES string of the molecule is NC(=O)/C=C\C(=O)O.NCCN.[CaH2]. The van der Waals surface area contributed by atoms with E-state index in [-0.39, 0.29) is 37.7 Å². The van der Waals surface area contributed by atoms with E-state index in [1.807, 2.05) is 0 Å². The minimum atomic E-state index is -1.18. The molecule has 0 atom stereocenters. The second-order valence-electron chi connectivity index (χ2n) is 1.65. The third kappa shape index (κ3) is 33.6. The fraction of sp³-hybridized carbons (Fsp3) is 0.333. The van der Waals surface area contributed by atoms with Crippen molar-refractivity contribution in [3.8, 4) is 0 Å². The van der Waals surface area contributed by atoms with Crippen LogP contribution >= 0.6 is 0 Å². The Morgan fingerprint density at radius 3 is 1.62 bits per heavy atom. The molecule has 0 fully saturated rings. The van der Waals surface area contributed by atoms with Crippen LogP contribution in [0.25, 0.3) is 0 Å². The fourth-order valence-corrected chi connectivity index (χ4v) is 0.153. The quantitative estimate of drug-likeness (QED) is 0.297. The van der Waals surface area contributed by atoms with E-state index in [1.165, 1.54) is 0 Å². The molecule has 7 heteroatoms. The minimum absolute atomic E-state index is 0. The predicted molar refractivity (Wildman–Crippen MR) is 52.6 cm³/mol. The molecule has 0 aromatic carbocycles. The molecule has 0 saturated carbocycles. The van der Waals surface area contributed by atoms with E-state index in [2.05, 4.69) is 5.73 Å². The number of carboxylic acid groups (broad SMARTS) is 1. The maximum absolute atomic E-state index is 9.78. The molecule has 0 aliphatic carbocycles. The molecule has 0 bridgehead atoms. The Morgan fingerprint density at radius 1 is 1.15 bits per heavy atom. The molecule has 0 heterocycles. The molecule has 6 nitrogen and oxygen atoms in total. The molecule has 13 heavy (non-hydrogen) atoms. The van der Waals surface area contributed by atoms with Gasteiger partial charge in [-0.1, -0.05) is 0 Å². The van der Waals surface area contributed by atoms with Crippen molar-refractivity contribution in [3.05, 3.63) is 12.2 Å². The number of carbonyl (C=O) groups excluding carboxylic acids is 1. The number of carbonyl (C=O) groups is 2. The number of nitrogens with two attached hydrogens (primary N) is 3. The summed E-state index contributed by atoms with van der Waals surface area (Å²) in [7, 11) is 0. The molecule has 0 aliphatic heterocycles. The van der Waals surface area contributed by atoms with Gasteiger partial charge in [-0.2, -0.15) is 0 Å². The molecule has 74 valence electrons. The van der Waals surface area contributed by atoms with Crippen molar-refractivity contribution in [2.24, 2.45) is 17.2 Å². The Bertz CT molecular complexity index is 155. The standard InChI is InChI=1S/C4H5NO3.C2H8N2.Ca.2H/c5-3(6)1-2-4(7)8;3-1-2-4;;;/h1-2H,(H2,5,6)(H,7,8);1-4H2;;;/b2-1-;;;;. The molecule has 0 aliphatic rings. The number of hydrogen-bond acceptors (Lipinski definition) is 4. The van der Waals surface area contributed by atoms with Crippen LogP contribution in [0.3, 0.4) is 0 Å². The number of hydrogen-bond donors (Lipinski definition) is 4. The zero-order chi connectivity index (χ0) is 9.98. The van der Waals surface area contributed by atoms with Crippen molar-refractivity contribution in [1.82, 2.24) is 0 Å². The van der Waals surface area contributed by atoms with Gasteiger partial charge in [0.25, 0.3) is 0 Å². The number of rotatable bonds is 3. The van der Waals surface area contributed by atoms with Gasteiger partial charge in [-0.05, 0) is 0 Å². The van der Waals surface area contributed by atoms with Crippen LogP contribution in [0.4, 0.5) is 0 Å². The number of carboxylic acids is 1. The van der Waals surface area contributed by atoms with E-state index in [0.29, 0.717) is 19.2 Å². The van der Waals surface area contributed by atoms with Gasteiger partial charge in [0.1, 0.15) is 0 Å². The normalized spacial score (nSPS) is 8.15. The van der Waals surface area contributed by atoms with Gasteiger partial charge in [-0.3, -0.25) is 4.79 Å². The molecule has 0 unspecified atom stereocenters. The van der Waals surface area contributed by atoms with E-state index >= 15 is 0 Å².